The Kier molecular flexibility index (Phi) is 6.89. The van der Waals surface area contributed by atoms with E-state index in [1.807, 2.05) is 26.0 Å². The Labute approximate surface area is 117 Å². The molecule has 0 aliphatic carbocycles. The highest BCUT2D eigenvalue weighted by Gasteiger charge is 2.09. The van der Waals surface area contributed by atoms with Crippen LogP contribution in [-0.4, -0.2) is 12.7 Å². The molecule has 0 aliphatic heterocycles. The summed E-state index contributed by atoms with van der Waals surface area (Å²) in [6.07, 6.45) is 2.49. The summed E-state index contributed by atoms with van der Waals surface area (Å²) >= 11 is 0. The normalized spacial score (nSPS) is 14.2. The molecule has 2 N–H and O–H groups in total. The van der Waals surface area contributed by atoms with Crippen LogP contribution in [-0.2, 0) is 11.3 Å². The summed E-state index contributed by atoms with van der Waals surface area (Å²) in [5, 5.41) is 0. The van der Waals surface area contributed by atoms with Crippen molar-refractivity contribution < 1.29 is 9.47 Å². The van der Waals surface area contributed by atoms with Crippen LogP contribution in [0.1, 0.15) is 57.7 Å². The van der Waals surface area contributed by atoms with Gasteiger partial charge in [0.25, 0.3) is 0 Å². The highest BCUT2D eigenvalue weighted by atomic mass is 16.5. The molecule has 3 nitrogen and oxygen atoms in total. The molecule has 0 spiro atoms. The monoisotopic (exact) mass is 265 g/mol. The van der Waals surface area contributed by atoms with E-state index in [4.69, 9.17) is 15.2 Å². The second-order valence-corrected chi connectivity index (χ2v) is 5.00. The predicted molar refractivity (Wildman–Crippen MR) is 79.4 cm³/mol. The topological polar surface area (TPSA) is 44.5 Å². The van der Waals surface area contributed by atoms with Gasteiger partial charge in [-0.25, -0.2) is 0 Å². The van der Waals surface area contributed by atoms with E-state index < -0.39 is 0 Å². The second-order valence-electron chi connectivity index (χ2n) is 5.00. The van der Waals surface area contributed by atoms with Gasteiger partial charge in [0, 0.05) is 11.6 Å². The van der Waals surface area contributed by atoms with Crippen LogP contribution in [0.2, 0.25) is 0 Å². The van der Waals surface area contributed by atoms with E-state index in [1.165, 1.54) is 0 Å². The van der Waals surface area contributed by atoms with Crippen molar-refractivity contribution in [3.05, 3.63) is 29.3 Å². The van der Waals surface area contributed by atoms with Gasteiger partial charge in [-0.1, -0.05) is 19.4 Å². The molecule has 1 rings (SSSR count). The van der Waals surface area contributed by atoms with Gasteiger partial charge in [0.05, 0.1) is 19.3 Å². The van der Waals surface area contributed by atoms with E-state index in [9.17, 15) is 0 Å². The first-order valence-corrected chi connectivity index (χ1v) is 7.21. The number of nitrogens with two attached hydrogens (primary N) is 1. The molecule has 0 radical (unpaired) electrons. The maximum Gasteiger partial charge on any atom is 0.124 e. The first-order chi connectivity index (χ1) is 9.08. The van der Waals surface area contributed by atoms with Crippen LogP contribution in [0.5, 0.6) is 5.75 Å². The zero-order valence-electron chi connectivity index (χ0n) is 12.6. The van der Waals surface area contributed by atoms with Gasteiger partial charge in [0.15, 0.2) is 0 Å². The van der Waals surface area contributed by atoms with Crippen molar-refractivity contribution in [3.63, 3.8) is 0 Å². The van der Waals surface area contributed by atoms with E-state index in [-0.39, 0.29) is 12.1 Å². The summed E-state index contributed by atoms with van der Waals surface area (Å²) in [6, 6.07) is 6.14. The Balaban J connectivity index is 2.78. The Morgan fingerprint density at radius 3 is 2.53 bits per heavy atom. The fourth-order valence-electron chi connectivity index (χ4n) is 2.01. The van der Waals surface area contributed by atoms with Gasteiger partial charge in [-0.05, 0) is 44.9 Å². The average Bonchev–Trinajstić information content (AvgIpc) is 2.38. The molecule has 1 aromatic rings. The van der Waals surface area contributed by atoms with Crippen LogP contribution in [0, 0.1) is 0 Å². The molecule has 0 saturated carbocycles. The summed E-state index contributed by atoms with van der Waals surface area (Å²) in [6.45, 7) is 9.50. The molecule has 0 aliphatic rings. The predicted octanol–water partition coefficient (Wildman–Crippen LogP) is 3.81. The van der Waals surface area contributed by atoms with Crippen LogP contribution in [0.25, 0.3) is 0 Å². The van der Waals surface area contributed by atoms with E-state index >= 15 is 0 Å². The second kappa shape index (κ2) is 8.18. The van der Waals surface area contributed by atoms with Gasteiger partial charge in [-0.3, -0.25) is 0 Å². The van der Waals surface area contributed by atoms with Crippen molar-refractivity contribution in [1.82, 2.24) is 0 Å². The van der Waals surface area contributed by atoms with Gasteiger partial charge in [0.2, 0.25) is 0 Å². The SMILES string of the molecule is CCCC(C)OCc1cc(C(C)N)ccc1OCC. The van der Waals surface area contributed by atoms with Gasteiger partial charge in [0.1, 0.15) is 5.75 Å². The Morgan fingerprint density at radius 1 is 1.21 bits per heavy atom. The fourth-order valence-corrected chi connectivity index (χ4v) is 2.01. The maximum atomic E-state index is 5.93. The van der Waals surface area contributed by atoms with Gasteiger partial charge >= 0.3 is 0 Å². The van der Waals surface area contributed by atoms with Crippen LogP contribution in [0.4, 0.5) is 0 Å². The van der Waals surface area contributed by atoms with Crippen LogP contribution >= 0.6 is 0 Å². The molecule has 108 valence electrons. The fraction of sp³-hybridized carbons (Fsp3) is 0.625. The van der Waals surface area contributed by atoms with Crippen molar-refractivity contribution in [2.75, 3.05) is 6.61 Å². The number of rotatable bonds is 8. The molecule has 0 amide bonds. The molecule has 2 atom stereocenters. The molecular weight excluding hydrogens is 238 g/mol. The van der Waals surface area contributed by atoms with Gasteiger partial charge < -0.3 is 15.2 Å². The number of benzene rings is 1. The smallest absolute Gasteiger partial charge is 0.124 e. The zero-order chi connectivity index (χ0) is 14.3. The third kappa shape index (κ3) is 5.21. The van der Waals surface area contributed by atoms with Crippen molar-refractivity contribution in [1.29, 1.82) is 0 Å². The van der Waals surface area contributed by atoms with Gasteiger partial charge in [-0.15, -0.1) is 0 Å². The average molecular weight is 265 g/mol. The number of hydrogen-bond acceptors (Lipinski definition) is 3. The minimum Gasteiger partial charge on any atom is -0.494 e. The quantitative estimate of drug-likeness (QED) is 0.777. The molecule has 0 bridgehead atoms. The van der Waals surface area contributed by atoms with Crippen molar-refractivity contribution >= 4 is 0 Å². The Bertz CT molecular complexity index is 377. The third-order valence-electron chi connectivity index (χ3n) is 3.13. The minimum absolute atomic E-state index is 0.0301. The van der Waals surface area contributed by atoms with E-state index in [2.05, 4.69) is 19.9 Å². The largest absolute Gasteiger partial charge is 0.494 e. The van der Waals surface area contributed by atoms with Crippen LogP contribution in [0.3, 0.4) is 0 Å². The lowest BCUT2D eigenvalue weighted by atomic mass is 10.1. The van der Waals surface area contributed by atoms with E-state index in [0.717, 1.165) is 29.7 Å². The lowest BCUT2D eigenvalue weighted by Gasteiger charge is -2.16. The van der Waals surface area contributed by atoms with Crippen LogP contribution in [0.15, 0.2) is 18.2 Å². The lowest BCUT2D eigenvalue weighted by Crippen LogP contribution is -2.10. The summed E-state index contributed by atoms with van der Waals surface area (Å²) < 4.78 is 11.5. The molecule has 19 heavy (non-hydrogen) atoms. The van der Waals surface area contributed by atoms with E-state index in [0.29, 0.717) is 13.2 Å². The molecule has 0 saturated heterocycles. The first kappa shape index (κ1) is 16.0. The molecule has 1 aromatic carbocycles. The third-order valence-corrected chi connectivity index (χ3v) is 3.13. The Morgan fingerprint density at radius 2 is 1.95 bits per heavy atom. The highest BCUT2D eigenvalue weighted by molar-refractivity contribution is 5.38. The summed E-state index contributed by atoms with van der Waals surface area (Å²) in [7, 11) is 0. The molecule has 0 heterocycles. The van der Waals surface area contributed by atoms with Crippen molar-refractivity contribution in [3.8, 4) is 5.75 Å². The van der Waals surface area contributed by atoms with Crippen LogP contribution < -0.4 is 10.5 Å². The van der Waals surface area contributed by atoms with E-state index in [1.54, 1.807) is 0 Å². The standard InChI is InChI=1S/C16H27NO2/c1-5-7-12(3)19-11-15-10-14(13(4)17)8-9-16(15)18-6-2/h8-10,12-13H,5-7,11,17H2,1-4H3. The molecule has 2 unspecified atom stereocenters. The van der Waals surface area contributed by atoms with Crippen molar-refractivity contribution in [2.45, 2.75) is 59.3 Å². The Hall–Kier alpha value is -1.06. The first-order valence-electron chi connectivity index (χ1n) is 7.21. The summed E-state index contributed by atoms with van der Waals surface area (Å²) in [4.78, 5) is 0. The summed E-state index contributed by atoms with van der Waals surface area (Å²) in [5.41, 5.74) is 8.13. The lowest BCUT2D eigenvalue weighted by molar-refractivity contribution is 0.0458. The molecular formula is C16H27NO2. The molecule has 3 heteroatoms. The highest BCUT2D eigenvalue weighted by Crippen LogP contribution is 2.24. The number of ether oxygens (including phenoxy) is 2. The summed E-state index contributed by atoms with van der Waals surface area (Å²) in [5.74, 6) is 0.899. The van der Waals surface area contributed by atoms with Gasteiger partial charge in [-0.2, -0.15) is 0 Å². The minimum atomic E-state index is 0.0301. The zero-order valence-corrected chi connectivity index (χ0v) is 12.6. The number of hydrogen-bond donors (Lipinski definition) is 1. The van der Waals surface area contributed by atoms with Crippen molar-refractivity contribution in [2.24, 2.45) is 5.73 Å². The maximum absolute atomic E-state index is 5.93. The molecule has 0 fully saturated rings. The molecule has 0 aromatic heterocycles.